The van der Waals surface area contributed by atoms with Crippen LogP contribution in [0.1, 0.15) is 18.7 Å². The molecule has 30 heavy (non-hydrogen) atoms. The Labute approximate surface area is 176 Å². The van der Waals surface area contributed by atoms with Gasteiger partial charge in [0.1, 0.15) is 11.8 Å². The summed E-state index contributed by atoms with van der Waals surface area (Å²) in [4.78, 5) is 29.2. The number of anilines is 1. The van der Waals surface area contributed by atoms with E-state index in [0.29, 0.717) is 33.1 Å². The van der Waals surface area contributed by atoms with E-state index in [0.717, 1.165) is 11.1 Å². The number of pyridine rings is 1. The Bertz CT molecular complexity index is 1430. The van der Waals surface area contributed by atoms with E-state index in [1.54, 1.807) is 17.0 Å². The van der Waals surface area contributed by atoms with Crippen molar-refractivity contribution in [1.82, 2.24) is 24.5 Å². The monoisotopic (exact) mass is 416 g/mol. The molecule has 148 valence electrons. The first-order valence-corrected chi connectivity index (χ1v) is 9.82. The van der Waals surface area contributed by atoms with Crippen LogP contribution in [0.3, 0.4) is 0 Å². The Kier molecular flexibility index (Phi) is 4.44. The highest BCUT2D eigenvalue weighted by Crippen LogP contribution is 2.32. The van der Waals surface area contributed by atoms with E-state index in [1.807, 2.05) is 55.5 Å². The highest BCUT2D eigenvalue weighted by molar-refractivity contribution is 6.36. The summed E-state index contributed by atoms with van der Waals surface area (Å²) in [5, 5.41) is 5.17. The molecule has 2 aromatic carbocycles. The molecule has 0 aliphatic heterocycles. The number of aromatic nitrogens is 5. The predicted molar refractivity (Wildman–Crippen MR) is 118 cm³/mol. The van der Waals surface area contributed by atoms with Crippen molar-refractivity contribution in [3.63, 3.8) is 0 Å². The van der Waals surface area contributed by atoms with Crippen LogP contribution >= 0.6 is 11.6 Å². The molecule has 0 saturated carbocycles. The molecule has 5 aromatic rings. The molecule has 3 heterocycles. The van der Waals surface area contributed by atoms with Gasteiger partial charge in [-0.15, -0.1) is 0 Å². The van der Waals surface area contributed by atoms with E-state index in [4.69, 9.17) is 11.6 Å². The maximum absolute atomic E-state index is 13.5. The third-order valence-corrected chi connectivity index (χ3v) is 5.46. The number of hydrogen-bond donors (Lipinski definition) is 2. The normalized spacial score (nSPS) is 12.3. The number of rotatable bonds is 4. The Hall–Kier alpha value is -3.71. The quantitative estimate of drug-likeness (QED) is 0.451. The summed E-state index contributed by atoms with van der Waals surface area (Å²) in [7, 11) is 0. The molecule has 3 aromatic heterocycles. The van der Waals surface area contributed by atoms with Crippen molar-refractivity contribution in [2.45, 2.75) is 13.0 Å². The van der Waals surface area contributed by atoms with Crippen LogP contribution in [0.4, 0.5) is 5.82 Å². The Morgan fingerprint density at radius 3 is 2.53 bits per heavy atom. The predicted octanol–water partition coefficient (Wildman–Crippen LogP) is 4.48. The smallest absolute Gasteiger partial charge is 0.263 e. The second-order valence-corrected chi connectivity index (χ2v) is 7.29. The van der Waals surface area contributed by atoms with E-state index in [1.165, 1.54) is 6.33 Å². The summed E-state index contributed by atoms with van der Waals surface area (Å²) < 4.78 is 1.66. The summed E-state index contributed by atoms with van der Waals surface area (Å²) in [6, 6.07) is 16.5. The molecule has 0 aliphatic rings. The summed E-state index contributed by atoms with van der Waals surface area (Å²) in [6.45, 7) is 1.94. The van der Waals surface area contributed by atoms with E-state index in [9.17, 15) is 4.79 Å². The molecular formula is C22H17ClN6O. The lowest BCUT2D eigenvalue weighted by Gasteiger charge is -2.23. The standard InChI is InChI=1S/C22H17ClN6O/c1-13(28-21-18-20(25-11-24-18)26-12-27-21)19-17(23)15-9-5-6-10-16(15)22(30)29(19)14-7-3-2-4-8-14/h2-13H,1H3,(H2,24,25,26,27,28)/t13-/m0/s1. The maximum Gasteiger partial charge on any atom is 0.263 e. The van der Waals surface area contributed by atoms with E-state index in [-0.39, 0.29) is 11.6 Å². The zero-order chi connectivity index (χ0) is 20.7. The first-order chi connectivity index (χ1) is 14.6. The van der Waals surface area contributed by atoms with Gasteiger partial charge in [0.05, 0.1) is 23.1 Å². The number of fused-ring (bicyclic) bond motifs is 2. The average molecular weight is 417 g/mol. The van der Waals surface area contributed by atoms with Crippen molar-refractivity contribution in [1.29, 1.82) is 0 Å². The number of nitrogens with one attached hydrogen (secondary N) is 2. The first-order valence-electron chi connectivity index (χ1n) is 9.44. The molecule has 0 bridgehead atoms. The lowest BCUT2D eigenvalue weighted by atomic mass is 10.1. The van der Waals surface area contributed by atoms with Gasteiger partial charge in [0, 0.05) is 16.5 Å². The van der Waals surface area contributed by atoms with Crippen LogP contribution in [0.2, 0.25) is 5.02 Å². The molecule has 2 N–H and O–H groups in total. The molecule has 0 saturated heterocycles. The number of imidazole rings is 1. The van der Waals surface area contributed by atoms with Gasteiger partial charge < -0.3 is 10.3 Å². The molecule has 0 aliphatic carbocycles. The average Bonchev–Trinajstić information content (AvgIpc) is 3.26. The lowest BCUT2D eigenvalue weighted by molar-refractivity contribution is 0.774. The van der Waals surface area contributed by atoms with Gasteiger partial charge in [-0.05, 0) is 25.1 Å². The SMILES string of the molecule is C[C@H](Nc1ncnc2nc[nH]c12)c1c(Cl)c2ccccc2c(=O)n1-c1ccccc1. The molecule has 1 atom stereocenters. The number of para-hydroxylation sites is 1. The third-order valence-electron chi connectivity index (χ3n) is 5.06. The molecule has 0 spiro atoms. The molecule has 8 heteroatoms. The summed E-state index contributed by atoms with van der Waals surface area (Å²) in [5.74, 6) is 0.585. The Morgan fingerprint density at radius 1 is 1.00 bits per heavy atom. The van der Waals surface area contributed by atoms with Crippen LogP contribution in [0, 0.1) is 0 Å². The minimum atomic E-state index is -0.337. The van der Waals surface area contributed by atoms with Gasteiger partial charge in [-0.25, -0.2) is 15.0 Å². The van der Waals surface area contributed by atoms with Crippen LogP contribution in [0.25, 0.3) is 27.6 Å². The lowest BCUT2D eigenvalue weighted by Crippen LogP contribution is -2.26. The summed E-state index contributed by atoms with van der Waals surface area (Å²) in [5.41, 5.74) is 2.52. The number of H-pyrrole nitrogens is 1. The molecule has 7 nitrogen and oxygen atoms in total. The van der Waals surface area contributed by atoms with E-state index in [2.05, 4.69) is 25.3 Å². The van der Waals surface area contributed by atoms with Gasteiger partial charge in [-0.2, -0.15) is 0 Å². The number of hydrogen-bond acceptors (Lipinski definition) is 5. The molecule has 0 amide bonds. The number of halogens is 1. The van der Waals surface area contributed by atoms with Gasteiger partial charge in [-0.1, -0.05) is 48.0 Å². The van der Waals surface area contributed by atoms with E-state index < -0.39 is 0 Å². The van der Waals surface area contributed by atoms with Gasteiger partial charge in [0.15, 0.2) is 11.5 Å². The molecule has 0 fully saturated rings. The highest BCUT2D eigenvalue weighted by Gasteiger charge is 2.22. The van der Waals surface area contributed by atoms with Crippen molar-refractivity contribution < 1.29 is 0 Å². The molecular weight excluding hydrogens is 400 g/mol. The zero-order valence-corrected chi connectivity index (χ0v) is 16.8. The van der Waals surface area contributed by atoms with Crippen LogP contribution in [-0.4, -0.2) is 24.5 Å². The number of aromatic amines is 1. The van der Waals surface area contributed by atoms with Crippen molar-refractivity contribution in [2.24, 2.45) is 0 Å². The fraction of sp³-hybridized carbons (Fsp3) is 0.0909. The second kappa shape index (κ2) is 7.27. The van der Waals surface area contributed by atoms with Crippen LogP contribution in [0.15, 0.2) is 72.0 Å². The summed E-state index contributed by atoms with van der Waals surface area (Å²) in [6.07, 6.45) is 3.02. The van der Waals surface area contributed by atoms with Crippen molar-refractivity contribution in [3.05, 3.63) is 88.3 Å². The minimum Gasteiger partial charge on any atom is -0.360 e. The Balaban J connectivity index is 1.74. The second-order valence-electron chi connectivity index (χ2n) is 6.91. The zero-order valence-electron chi connectivity index (χ0n) is 16.0. The third kappa shape index (κ3) is 2.91. The Morgan fingerprint density at radius 2 is 1.73 bits per heavy atom. The first kappa shape index (κ1) is 18.3. The molecule has 0 unspecified atom stereocenters. The summed E-state index contributed by atoms with van der Waals surface area (Å²) >= 11 is 6.87. The van der Waals surface area contributed by atoms with Crippen molar-refractivity contribution >= 4 is 39.4 Å². The molecule has 5 rings (SSSR count). The fourth-order valence-electron chi connectivity index (χ4n) is 3.69. The van der Waals surface area contributed by atoms with Gasteiger partial charge in [0.25, 0.3) is 5.56 Å². The fourth-order valence-corrected chi connectivity index (χ4v) is 4.11. The van der Waals surface area contributed by atoms with Gasteiger partial charge in [-0.3, -0.25) is 9.36 Å². The van der Waals surface area contributed by atoms with Gasteiger partial charge in [0.2, 0.25) is 0 Å². The van der Waals surface area contributed by atoms with Crippen LogP contribution < -0.4 is 10.9 Å². The van der Waals surface area contributed by atoms with Gasteiger partial charge >= 0.3 is 0 Å². The van der Waals surface area contributed by atoms with E-state index >= 15 is 0 Å². The maximum atomic E-state index is 13.5. The van der Waals surface area contributed by atoms with Crippen molar-refractivity contribution in [3.8, 4) is 5.69 Å². The largest absolute Gasteiger partial charge is 0.360 e. The number of benzene rings is 2. The highest BCUT2D eigenvalue weighted by atomic mass is 35.5. The number of nitrogens with zero attached hydrogens (tertiary/aromatic N) is 4. The van der Waals surface area contributed by atoms with Crippen LogP contribution in [0.5, 0.6) is 0 Å². The minimum absolute atomic E-state index is 0.126. The molecule has 0 radical (unpaired) electrons. The van der Waals surface area contributed by atoms with Crippen LogP contribution in [-0.2, 0) is 0 Å². The van der Waals surface area contributed by atoms with Crippen molar-refractivity contribution in [2.75, 3.05) is 5.32 Å². The topological polar surface area (TPSA) is 88.5 Å².